The fourth-order valence-electron chi connectivity index (χ4n) is 1.74. The molecule has 2 aromatic rings. The van der Waals surface area contributed by atoms with Crippen molar-refractivity contribution in [1.29, 1.82) is 0 Å². The summed E-state index contributed by atoms with van der Waals surface area (Å²) in [4.78, 5) is 25.4. The van der Waals surface area contributed by atoms with Crippen LogP contribution in [0.5, 0.6) is 0 Å². The predicted molar refractivity (Wildman–Crippen MR) is 74.2 cm³/mol. The Bertz CT molecular complexity index is 631. The molecular weight excluding hydrogens is 254 g/mol. The van der Waals surface area contributed by atoms with Crippen molar-refractivity contribution in [2.24, 2.45) is 4.99 Å². The maximum Gasteiger partial charge on any atom is 0.310 e. The summed E-state index contributed by atoms with van der Waals surface area (Å²) in [7, 11) is 0. The topological polar surface area (TPSA) is 55.7 Å². The van der Waals surface area contributed by atoms with Gasteiger partial charge in [0.25, 0.3) is 0 Å². The van der Waals surface area contributed by atoms with Crippen LogP contribution in [0.15, 0.2) is 59.6 Å². The van der Waals surface area contributed by atoms with Crippen molar-refractivity contribution >= 4 is 17.7 Å². The highest BCUT2D eigenvalue weighted by Gasteiger charge is 2.05. The number of isocyanates is 1. The molecule has 0 aliphatic heterocycles. The highest BCUT2D eigenvalue weighted by molar-refractivity contribution is 5.73. The molecule has 4 heteroatoms. The molecule has 0 saturated carbocycles. The summed E-state index contributed by atoms with van der Waals surface area (Å²) >= 11 is 0. The van der Waals surface area contributed by atoms with Gasteiger partial charge in [-0.25, -0.2) is 4.79 Å². The number of nitrogens with zero attached hydrogens (tertiary/aromatic N) is 1. The first kappa shape index (κ1) is 13.7. The zero-order chi connectivity index (χ0) is 14.2. The van der Waals surface area contributed by atoms with E-state index >= 15 is 0 Å². The van der Waals surface area contributed by atoms with Gasteiger partial charge in [0.15, 0.2) is 0 Å². The third kappa shape index (κ3) is 4.19. The lowest BCUT2D eigenvalue weighted by molar-refractivity contribution is -0.144. The monoisotopic (exact) mass is 267 g/mol. The summed E-state index contributed by atoms with van der Waals surface area (Å²) in [5.41, 5.74) is 2.17. The zero-order valence-corrected chi connectivity index (χ0v) is 10.8. The van der Waals surface area contributed by atoms with E-state index in [4.69, 9.17) is 4.74 Å². The standard InChI is InChI=1S/C16H13NO3/c18-12-17-15-8-4-7-14(9-15)10-16(19)20-11-13-5-2-1-3-6-13/h1-9H,10-11H2. The van der Waals surface area contributed by atoms with E-state index in [1.54, 1.807) is 24.3 Å². The van der Waals surface area contributed by atoms with Gasteiger partial charge in [0.2, 0.25) is 6.08 Å². The highest BCUT2D eigenvalue weighted by Crippen LogP contribution is 2.14. The summed E-state index contributed by atoms with van der Waals surface area (Å²) in [6.07, 6.45) is 1.62. The number of carbonyl (C=O) groups is 1. The van der Waals surface area contributed by atoms with Crippen molar-refractivity contribution in [3.8, 4) is 0 Å². The third-order valence-electron chi connectivity index (χ3n) is 2.68. The van der Waals surface area contributed by atoms with Gasteiger partial charge in [-0.05, 0) is 23.3 Å². The number of benzene rings is 2. The highest BCUT2D eigenvalue weighted by atomic mass is 16.5. The molecule has 2 rings (SSSR count). The average molecular weight is 267 g/mol. The molecule has 0 saturated heterocycles. The Balaban J connectivity index is 1.91. The van der Waals surface area contributed by atoms with Gasteiger partial charge in [0.05, 0.1) is 12.1 Å². The van der Waals surface area contributed by atoms with E-state index in [1.807, 2.05) is 30.3 Å². The Labute approximate surface area is 116 Å². The van der Waals surface area contributed by atoms with Crippen LogP contribution in [-0.4, -0.2) is 12.0 Å². The molecule has 100 valence electrons. The normalized spacial score (nSPS) is 9.60. The molecule has 0 atom stereocenters. The SMILES string of the molecule is O=C=Nc1cccc(CC(=O)OCc2ccccc2)c1. The number of hydrogen-bond donors (Lipinski definition) is 0. The molecule has 4 nitrogen and oxygen atoms in total. The van der Waals surface area contributed by atoms with Gasteiger partial charge >= 0.3 is 5.97 Å². The van der Waals surface area contributed by atoms with Crippen molar-refractivity contribution in [3.05, 3.63) is 65.7 Å². The van der Waals surface area contributed by atoms with E-state index in [2.05, 4.69) is 4.99 Å². The Hall–Kier alpha value is -2.71. The Morgan fingerprint density at radius 3 is 2.55 bits per heavy atom. The first-order valence-electron chi connectivity index (χ1n) is 6.14. The predicted octanol–water partition coefficient (Wildman–Crippen LogP) is 2.94. The first-order valence-corrected chi connectivity index (χ1v) is 6.14. The third-order valence-corrected chi connectivity index (χ3v) is 2.68. The van der Waals surface area contributed by atoms with Crippen molar-refractivity contribution < 1.29 is 14.3 Å². The van der Waals surface area contributed by atoms with E-state index < -0.39 is 0 Å². The molecule has 0 aromatic heterocycles. The minimum Gasteiger partial charge on any atom is -0.461 e. The molecule has 0 aliphatic rings. The average Bonchev–Trinajstić information content (AvgIpc) is 2.47. The minimum absolute atomic E-state index is 0.148. The molecule has 0 heterocycles. The molecule has 0 bridgehead atoms. The van der Waals surface area contributed by atoms with E-state index in [-0.39, 0.29) is 19.0 Å². The van der Waals surface area contributed by atoms with E-state index in [1.165, 1.54) is 6.08 Å². The summed E-state index contributed by atoms with van der Waals surface area (Å²) in [6.45, 7) is 0.256. The largest absolute Gasteiger partial charge is 0.461 e. The maximum atomic E-state index is 11.7. The molecule has 2 aromatic carbocycles. The minimum atomic E-state index is -0.318. The second kappa shape index (κ2) is 7.02. The summed E-state index contributed by atoms with van der Waals surface area (Å²) < 4.78 is 5.18. The smallest absolute Gasteiger partial charge is 0.310 e. The Morgan fingerprint density at radius 1 is 1.05 bits per heavy atom. The van der Waals surface area contributed by atoms with Crippen LogP contribution in [-0.2, 0) is 27.4 Å². The molecule has 20 heavy (non-hydrogen) atoms. The van der Waals surface area contributed by atoms with E-state index in [0.29, 0.717) is 5.69 Å². The summed E-state index contributed by atoms with van der Waals surface area (Å²) in [5.74, 6) is -0.318. The van der Waals surface area contributed by atoms with Crippen molar-refractivity contribution in [2.45, 2.75) is 13.0 Å². The number of esters is 1. The summed E-state index contributed by atoms with van der Waals surface area (Å²) in [5, 5.41) is 0. The second-order valence-corrected chi connectivity index (χ2v) is 4.20. The van der Waals surface area contributed by atoms with E-state index in [0.717, 1.165) is 11.1 Å². The lowest BCUT2D eigenvalue weighted by Gasteiger charge is -2.05. The van der Waals surface area contributed by atoms with Gasteiger partial charge in [0, 0.05) is 0 Å². The van der Waals surface area contributed by atoms with Crippen LogP contribution in [0, 0.1) is 0 Å². The number of carbonyl (C=O) groups excluding carboxylic acids is 2. The van der Waals surface area contributed by atoms with Crippen LogP contribution in [0.4, 0.5) is 5.69 Å². The van der Waals surface area contributed by atoms with Crippen LogP contribution >= 0.6 is 0 Å². The quantitative estimate of drug-likeness (QED) is 0.475. The molecule has 0 N–H and O–H groups in total. The Kier molecular flexibility index (Phi) is 4.81. The van der Waals surface area contributed by atoms with Gasteiger partial charge < -0.3 is 4.74 Å². The molecule has 0 amide bonds. The van der Waals surface area contributed by atoms with Gasteiger partial charge in [-0.15, -0.1) is 0 Å². The number of rotatable bonds is 5. The summed E-state index contributed by atoms with van der Waals surface area (Å²) in [6, 6.07) is 16.3. The van der Waals surface area contributed by atoms with Crippen molar-refractivity contribution in [2.75, 3.05) is 0 Å². The Morgan fingerprint density at radius 2 is 1.80 bits per heavy atom. The van der Waals surface area contributed by atoms with E-state index in [9.17, 15) is 9.59 Å². The van der Waals surface area contributed by atoms with Crippen LogP contribution in [0.3, 0.4) is 0 Å². The van der Waals surface area contributed by atoms with Crippen molar-refractivity contribution in [1.82, 2.24) is 0 Å². The molecule has 0 unspecified atom stereocenters. The van der Waals surface area contributed by atoms with Crippen LogP contribution in [0.25, 0.3) is 0 Å². The van der Waals surface area contributed by atoms with Gasteiger partial charge in [-0.1, -0.05) is 42.5 Å². The van der Waals surface area contributed by atoms with Crippen LogP contribution < -0.4 is 0 Å². The van der Waals surface area contributed by atoms with Gasteiger partial charge in [0.1, 0.15) is 6.61 Å². The first-order chi connectivity index (χ1) is 9.78. The van der Waals surface area contributed by atoms with Gasteiger partial charge in [-0.3, -0.25) is 4.79 Å². The molecular formula is C16H13NO3. The zero-order valence-electron chi connectivity index (χ0n) is 10.8. The lowest BCUT2D eigenvalue weighted by atomic mass is 10.1. The number of hydrogen-bond acceptors (Lipinski definition) is 4. The fraction of sp³-hybridized carbons (Fsp3) is 0.125. The van der Waals surface area contributed by atoms with Crippen LogP contribution in [0.2, 0.25) is 0 Å². The maximum absolute atomic E-state index is 11.7. The van der Waals surface area contributed by atoms with Crippen molar-refractivity contribution in [3.63, 3.8) is 0 Å². The van der Waals surface area contributed by atoms with Gasteiger partial charge in [-0.2, -0.15) is 4.99 Å². The second-order valence-electron chi connectivity index (χ2n) is 4.20. The molecule has 0 radical (unpaired) electrons. The number of aliphatic imine (C=N–C) groups is 1. The lowest BCUT2D eigenvalue weighted by Crippen LogP contribution is -2.07. The molecule has 0 spiro atoms. The molecule has 0 fully saturated rings. The van der Waals surface area contributed by atoms with Crippen LogP contribution in [0.1, 0.15) is 11.1 Å². The fourth-order valence-corrected chi connectivity index (χ4v) is 1.74. The number of ether oxygens (including phenoxy) is 1. The molecule has 0 aliphatic carbocycles.